The predicted molar refractivity (Wildman–Crippen MR) is 129 cm³/mol. The predicted octanol–water partition coefficient (Wildman–Crippen LogP) is 5.22. The van der Waals surface area contributed by atoms with Crippen LogP contribution >= 0.6 is 12.4 Å². The van der Waals surface area contributed by atoms with Crippen LogP contribution in [0.3, 0.4) is 0 Å². The molecular formula is C24H35ClN6O. The molecule has 2 aromatic rings. The van der Waals surface area contributed by atoms with E-state index >= 15 is 0 Å². The third-order valence-corrected chi connectivity index (χ3v) is 6.91. The van der Waals surface area contributed by atoms with E-state index in [1.165, 1.54) is 44.1 Å². The van der Waals surface area contributed by atoms with E-state index in [1.54, 1.807) is 12.4 Å². The number of nitrogens with two attached hydrogens (primary N) is 1. The van der Waals surface area contributed by atoms with Gasteiger partial charge in [0, 0.05) is 5.69 Å². The number of nitrogens with one attached hydrogen (secondary N) is 2. The number of nitrogens with zero attached hydrogens (tertiary/aromatic N) is 3. The normalized spacial score (nSPS) is 17.4. The minimum absolute atomic E-state index is 0. The second-order valence-corrected chi connectivity index (χ2v) is 9.10. The molecule has 2 heterocycles. The Labute approximate surface area is 196 Å². The second kappa shape index (κ2) is 10.9. The molecule has 2 saturated carbocycles. The van der Waals surface area contributed by atoms with Crippen molar-refractivity contribution in [2.75, 3.05) is 5.32 Å². The molecule has 0 spiro atoms. The molecule has 0 atom stereocenters. The lowest BCUT2D eigenvalue weighted by Gasteiger charge is -2.33. The molecule has 0 bridgehead atoms. The molecule has 4 rings (SSSR count). The number of amides is 1. The van der Waals surface area contributed by atoms with Crippen LogP contribution in [0, 0.1) is 25.7 Å². The Morgan fingerprint density at radius 2 is 1.50 bits per heavy atom. The Morgan fingerprint density at radius 3 is 1.97 bits per heavy atom. The molecule has 1 amide bonds. The topological polar surface area (TPSA) is 110 Å². The Kier molecular flexibility index (Phi) is 8.29. The van der Waals surface area contributed by atoms with Crippen molar-refractivity contribution in [1.82, 2.24) is 20.2 Å². The number of aromatic nitrogens is 4. The summed E-state index contributed by atoms with van der Waals surface area (Å²) in [6, 6.07) is 0. The molecule has 0 aliphatic heterocycles. The molecule has 2 fully saturated rings. The minimum atomic E-state index is -0.224. The average Bonchev–Trinajstić information content (AvgIpc) is 3.14. The van der Waals surface area contributed by atoms with Crippen LogP contribution in [0.15, 0.2) is 23.7 Å². The SMILES string of the molecule is Cc1n[nH]c(C)c1-c1ncc(NC(=O)C(N)=C(C2CCCCC2)C2CCCCC2)cn1.Cl. The number of allylic oxidation sites excluding steroid dienone is 1. The minimum Gasteiger partial charge on any atom is -0.394 e. The van der Waals surface area contributed by atoms with Gasteiger partial charge < -0.3 is 11.1 Å². The number of carbonyl (C=O) groups excluding carboxylic acids is 1. The van der Waals surface area contributed by atoms with Crippen molar-refractivity contribution in [2.24, 2.45) is 17.6 Å². The van der Waals surface area contributed by atoms with Crippen molar-refractivity contribution in [1.29, 1.82) is 0 Å². The van der Waals surface area contributed by atoms with Crippen LogP contribution in [0.5, 0.6) is 0 Å². The number of halogens is 1. The first-order valence-corrected chi connectivity index (χ1v) is 11.7. The Bertz CT molecular complexity index is 900. The van der Waals surface area contributed by atoms with Gasteiger partial charge in [-0.3, -0.25) is 9.89 Å². The fourth-order valence-electron chi connectivity index (χ4n) is 5.33. The highest BCUT2D eigenvalue weighted by molar-refractivity contribution is 6.03. The van der Waals surface area contributed by atoms with E-state index in [0.717, 1.165) is 42.6 Å². The number of rotatable bonds is 5. The van der Waals surface area contributed by atoms with Crippen molar-refractivity contribution in [3.8, 4) is 11.4 Å². The highest BCUT2D eigenvalue weighted by Crippen LogP contribution is 2.40. The first-order chi connectivity index (χ1) is 15.0. The summed E-state index contributed by atoms with van der Waals surface area (Å²) in [4.78, 5) is 22.0. The Hall–Kier alpha value is -2.41. The van der Waals surface area contributed by atoms with Crippen molar-refractivity contribution in [3.63, 3.8) is 0 Å². The fourth-order valence-corrected chi connectivity index (χ4v) is 5.33. The van der Waals surface area contributed by atoms with Gasteiger partial charge in [0.1, 0.15) is 0 Å². The highest BCUT2D eigenvalue weighted by atomic mass is 35.5. The monoisotopic (exact) mass is 458 g/mol. The van der Waals surface area contributed by atoms with Crippen LogP contribution in [0.4, 0.5) is 5.69 Å². The van der Waals surface area contributed by atoms with Crippen molar-refractivity contribution in [2.45, 2.75) is 78.1 Å². The number of anilines is 1. The molecule has 174 valence electrons. The van der Waals surface area contributed by atoms with Crippen molar-refractivity contribution >= 4 is 24.0 Å². The van der Waals surface area contributed by atoms with Gasteiger partial charge in [0.15, 0.2) is 5.82 Å². The molecule has 7 nitrogen and oxygen atoms in total. The van der Waals surface area contributed by atoms with E-state index in [4.69, 9.17) is 5.73 Å². The largest absolute Gasteiger partial charge is 0.394 e. The highest BCUT2D eigenvalue weighted by Gasteiger charge is 2.30. The van der Waals surface area contributed by atoms with Crippen LogP contribution in [-0.2, 0) is 4.79 Å². The van der Waals surface area contributed by atoms with Gasteiger partial charge >= 0.3 is 0 Å². The fraction of sp³-hybridized carbons (Fsp3) is 0.583. The molecular weight excluding hydrogens is 424 g/mol. The molecule has 0 aromatic carbocycles. The Morgan fingerprint density at radius 1 is 0.969 bits per heavy atom. The van der Waals surface area contributed by atoms with Crippen molar-refractivity contribution < 1.29 is 4.79 Å². The summed E-state index contributed by atoms with van der Waals surface area (Å²) in [6.07, 6.45) is 15.4. The molecule has 8 heteroatoms. The van der Waals surface area contributed by atoms with Gasteiger partial charge in [0.25, 0.3) is 5.91 Å². The van der Waals surface area contributed by atoms with E-state index in [0.29, 0.717) is 29.0 Å². The van der Waals surface area contributed by atoms with Crippen LogP contribution in [-0.4, -0.2) is 26.1 Å². The van der Waals surface area contributed by atoms with Gasteiger partial charge in [-0.25, -0.2) is 9.97 Å². The third-order valence-electron chi connectivity index (χ3n) is 6.91. The first-order valence-electron chi connectivity index (χ1n) is 11.7. The quantitative estimate of drug-likeness (QED) is 0.532. The number of aryl methyl sites for hydroxylation is 2. The van der Waals surface area contributed by atoms with E-state index in [1.807, 2.05) is 13.8 Å². The second-order valence-electron chi connectivity index (χ2n) is 9.10. The molecule has 0 radical (unpaired) electrons. The van der Waals surface area contributed by atoms with Gasteiger partial charge in [-0.05, 0) is 56.9 Å². The number of hydrogen-bond acceptors (Lipinski definition) is 5. The standard InChI is InChI=1S/C24H34N6O.ClH/c1-15-20(16(2)30-29-15)23-26-13-19(14-27-23)28-24(31)22(25)21(17-9-5-3-6-10-17)18-11-7-4-8-12-18;/h13-14,17-18H,3-12,25H2,1-2H3,(H,28,31)(H,29,30);1H. The zero-order valence-electron chi connectivity index (χ0n) is 19.1. The van der Waals surface area contributed by atoms with E-state index < -0.39 is 0 Å². The molecule has 0 unspecified atom stereocenters. The lowest BCUT2D eigenvalue weighted by Crippen LogP contribution is -2.29. The molecule has 32 heavy (non-hydrogen) atoms. The van der Waals surface area contributed by atoms with Crippen LogP contribution in [0.1, 0.15) is 75.6 Å². The lowest BCUT2D eigenvalue weighted by molar-refractivity contribution is -0.113. The number of H-pyrrole nitrogens is 1. The van der Waals surface area contributed by atoms with Crippen molar-refractivity contribution in [3.05, 3.63) is 35.1 Å². The maximum atomic E-state index is 13.1. The summed E-state index contributed by atoms with van der Waals surface area (Å²) < 4.78 is 0. The van der Waals surface area contributed by atoms with Gasteiger partial charge in [0.05, 0.1) is 35.0 Å². The smallest absolute Gasteiger partial charge is 0.271 e. The maximum absolute atomic E-state index is 13.1. The summed E-state index contributed by atoms with van der Waals surface area (Å²) >= 11 is 0. The van der Waals surface area contributed by atoms with Gasteiger partial charge in [-0.1, -0.05) is 38.5 Å². The van der Waals surface area contributed by atoms with Crippen LogP contribution in [0.2, 0.25) is 0 Å². The summed E-state index contributed by atoms with van der Waals surface area (Å²) in [6.45, 7) is 3.86. The van der Waals surface area contributed by atoms with E-state index in [2.05, 4.69) is 25.5 Å². The summed E-state index contributed by atoms with van der Waals surface area (Å²) in [5.41, 5.74) is 11.4. The molecule has 4 N–H and O–H groups in total. The summed E-state index contributed by atoms with van der Waals surface area (Å²) in [5.74, 6) is 1.27. The summed E-state index contributed by atoms with van der Waals surface area (Å²) in [5, 5.41) is 10.1. The van der Waals surface area contributed by atoms with Gasteiger partial charge in [0.2, 0.25) is 0 Å². The lowest BCUT2D eigenvalue weighted by atomic mass is 9.73. The van der Waals surface area contributed by atoms with Crippen LogP contribution in [0.25, 0.3) is 11.4 Å². The van der Waals surface area contributed by atoms with Gasteiger partial charge in [-0.2, -0.15) is 5.10 Å². The molecule has 2 aliphatic carbocycles. The number of carbonyl (C=O) groups is 1. The maximum Gasteiger partial charge on any atom is 0.271 e. The first kappa shape index (κ1) is 24.2. The number of hydrogen-bond donors (Lipinski definition) is 3. The summed E-state index contributed by atoms with van der Waals surface area (Å²) in [7, 11) is 0. The zero-order valence-corrected chi connectivity index (χ0v) is 19.9. The van der Waals surface area contributed by atoms with E-state index in [9.17, 15) is 4.79 Å². The number of aromatic amines is 1. The van der Waals surface area contributed by atoms with E-state index in [-0.39, 0.29) is 18.3 Å². The molecule has 0 saturated heterocycles. The van der Waals surface area contributed by atoms with Crippen LogP contribution < -0.4 is 11.1 Å². The zero-order chi connectivity index (χ0) is 21.8. The van der Waals surface area contributed by atoms with Gasteiger partial charge in [-0.15, -0.1) is 12.4 Å². The third kappa shape index (κ3) is 5.31. The average molecular weight is 459 g/mol. The molecule has 2 aliphatic rings. The molecule has 2 aromatic heterocycles. The Balaban J connectivity index is 0.00000289.